The minimum atomic E-state index is -3.58. The Balaban J connectivity index is 2.52. The van der Waals surface area contributed by atoms with Crippen molar-refractivity contribution in [2.45, 2.75) is 6.42 Å². The fraction of sp³-hybridized carbons (Fsp3) is 0.900. The highest BCUT2D eigenvalue weighted by atomic mass is 32.2. The van der Waals surface area contributed by atoms with Gasteiger partial charge in [0, 0.05) is 46.3 Å². The maximum atomic E-state index is 12.2. The predicted molar refractivity (Wildman–Crippen MR) is 68.9 cm³/mol. The molecule has 8 nitrogen and oxygen atoms in total. The van der Waals surface area contributed by atoms with Crippen LogP contribution in [0, 0.1) is 0 Å². The van der Waals surface area contributed by atoms with Gasteiger partial charge >= 0.3 is 5.97 Å². The van der Waals surface area contributed by atoms with Crippen molar-refractivity contribution in [1.29, 1.82) is 0 Å². The molecule has 0 saturated carbocycles. The Labute approximate surface area is 113 Å². The van der Waals surface area contributed by atoms with E-state index in [1.165, 1.54) is 11.4 Å². The summed E-state index contributed by atoms with van der Waals surface area (Å²) >= 11 is 0. The largest absolute Gasteiger partial charge is 0.481 e. The molecule has 1 fully saturated rings. The van der Waals surface area contributed by atoms with Gasteiger partial charge in [0.2, 0.25) is 0 Å². The third-order valence-electron chi connectivity index (χ3n) is 3.11. The molecule has 0 bridgehead atoms. The average Bonchev–Trinajstić information content (AvgIpc) is 2.36. The van der Waals surface area contributed by atoms with Crippen molar-refractivity contribution in [2.75, 3.05) is 52.9 Å². The van der Waals surface area contributed by atoms with E-state index in [0.29, 0.717) is 32.7 Å². The number of β-amino-alcohol motifs (C(OH)–C–C–N with tert-alkyl or cyclic N) is 1. The molecule has 1 saturated heterocycles. The summed E-state index contributed by atoms with van der Waals surface area (Å²) in [6.07, 6.45) is -0.208. The van der Waals surface area contributed by atoms with Gasteiger partial charge in [-0.15, -0.1) is 0 Å². The molecule has 9 heteroatoms. The first kappa shape index (κ1) is 16.3. The van der Waals surface area contributed by atoms with Gasteiger partial charge in [-0.3, -0.25) is 9.69 Å². The van der Waals surface area contributed by atoms with Crippen LogP contribution in [0.15, 0.2) is 0 Å². The van der Waals surface area contributed by atoms with E-state index in [2.05, 4.69) is 0 Å². The summed E-state index contributed by atoms with van der Waals surface area (Å²) in [7, 11) is -2.19. The van der Waals surface area contributed by atoms with Crippen LogP contribution in [0.3, 0.4) is 0 Å². The van der Waals surface area contributed by atoms with Crippen molar-refractivity contribution < 1.29 is 23.4 Å². The van der Waals surface area contributed by atoms with E-state index < -0.39 is 16.2 Å². The Morgan fingerprint density at radius 1 is 1.26 bits per heavy atom. The zero-order valence-electron chi connectivity index (χ0n) is 11.0. The van der Waals surface area contributed by atoms with Crippen LogP contribution < -0.4 is 0 Å². The summed E-state index contributed by atoms with van der Waals surface area (Å²) in [6.45, 7) is 2.45. The van der Waals surface area contributed by atoms with Crippen molar-refractivity contribution in [2.24, 2.45) is 0 Å². The van der Waals surface area contributed by atoms with Gasteiger partial charge in [0.1, 0.15) is 0 Å². The zero-order chi connectivity index (χ0) is 14.5. The van der Waals surface area contributed by atoms with Crippen LogP contribution >= 0.6 is 0 Å². The summed E-state index contributed by atoms with van der Waals surface area (Å²) in [4.78, 5) is 12.4. The van der Waals surface area contributed by atoms with Crippen LogP contribution in [0.2, 0.25) is 0 Å². The molecule has 0 spiro atoms. The average molecular weight is 295 g/mol. The number of carboxylic acids is 1. The highest BCUT2D eigenvalue weighted by Crippen LogP contribution is 2.11. The van der Waals surface area contributed by atoms with Gasteiger partial charge in [-0.05, 0) is 0 Å². The Hall–Kier alpha value is -0.740. The minimum absolute atomic E-state index is 0.0332. The van der Waals surface area contributed by atoms with Crippen LogP contribution in [0.1, 0.15) is 6.42 Å². The van der Waals surface area contributed by atoms with Crippen LogP contribution in [0.4, 0.5) is 0 Å². The van der Waals surface area contributed by atoms with Crippen LogP contribution in [0.5, 0.6) is 0 Å². The lowest BCUT2D eigenvalue weighted by Crippen LogP contribution is -2.52. The Morgan fingerprint density at radius 2 is 1.84 bits per heavy atom. The van der Waals surface area contributed by atoms with Crippen LogP contribution in [-0.4, -0.2) is 91.0 Å². The van der Waals surface area contributed by atoms with Gasteiger partial charge in [-0.1, -0.05) is 0 Å². The molecule has 0 aromatic heterocycles. The molecule has 1 aliphatic rings. The number of carboxylic acid groups (broad SMARTS) is 1. The van der Waals surface area contributed by atoms with E-state index in [-0.39, 0.29) is 19.6 Å². The van der Waals surface area contributed by atoms with Crippen molar-refractivity contribution >= 4 is 16.2 Å². The lowest BCUT2D eigenvalue weighted by atomic mass is 10.4. The summed E-state index contributed by atoms with van der Waals surface area (Å²) in [5.74, 6) is -1.02. The summed E-state index contributed by atoms with van der Waals surface area (Å²) in [5, 5.41) is 17.4. The summed E-state index contributed by atoms with van der Waals surface area (Å²) < 4.78 is 26.7. The molecule has 0 aromatic carbocycles. The van der Waals surface area contributed by atoms with E-state index in [1.807, 2.05) is 4.90 Å². The second-order valence-electron chi connectivity index (χ2n) is 4.44. The van der Waals surface area contributed by atoms with Gasteiger partial charge in [0.15, 0.2) is 0 Å². The number of rotatable bonds is 7. The van der Waals surface area contributed by atoms with Gasteiger partial charge in [-0.25, -0.2) is 0 Å². The Bertz CT molecular complexity index is 392. The predicted octanol–water partition coefficient (Wildman–Crippen LogP) is -1.75. The third kappa shape index (κ3) is 4.69. The minimum Gasteiger partial charge on any atom is -0.481 e. The van der Waals surface area contributed by atoms with Gasteiger partial charge in [0.25, 0.3) is 10.2 Å². The molecular formula is C10H21N3O5S. The first-order chi connectivity index (χ1) is 8.87. The quantitative estimate of drug-likeness (QED) is 0.577. The standard InChI is InChI=1S/C10H21N3O5S/c1-11(3-2-10(15)16)19(17,18)13-6-4-12(5-7-13)8-9-14/h14H,2-9H2,1H3,(H,15,16). The number of piperazine rings is 1. The monoisotopic (exact) mass is 295 g/mol. The lowest BCUT2D eigenvalue weighted by Gasteiger charge is -2.35. The van der Waals surface area contributed by atoms with Crippen molar-refractivity contribution in [3.63, 3.8) is 0 Å². The molecule has 1 heterocycles. The smallest absolute Gasteiger partial charge is 0.304 e. The molecule has 0 aromatic rings. The molecular weight excluding hydrogens is 274 g/mol. The van der Waals surface area contributed by atoms with Crippen LogP contribution in [0.25, 0.3) is 0 Å². The second-order valence-corrected chi connectivity index (χ2v) is 6.47. The molecule has 0 atom stereocenters. The highest BCUT2D eigenvalue weighted by molar-refractivity contribution is 7.86. The van der Waals surface area contributed by atoms with E-state index in [9.17, 15) is 13.2 Å². The van der Waals surface area contributed by atoms with Gasteiger partial charge in [-0.2, -0.15) is 17.0 Å². The molecule has 2 N–H and O–H groups in total. The fourth-order valence-electron chi connectivity index (χ4n) is 1.89. The zero-order valence-corrected chi connectivity index (χ0v) is 11.8. The summed E-state index contributed by atoms with van der Waals surface area (Å²) in [6, 6.07) is 0. The van der Waals surface area contributed by atoms with Crippen molar-refractivity contribution in [1.82, 2.24) is 13.5 Å². The molecule has 1 aliphatic heterocycles. The molecule has 0 radical (unpaired) electrons. The highest BCUT2D eigenvalue weighted by Gasteiger charge is 2.30. The summed E-state index contributed by atoms with van der Waals surface area (Å²) in [5.41, 5.74) is 0. The van der Waals surface area contributed by atoms with E-state index >= 15 is 0 Å². The first-order valence-electron chi connectivity index (χ1n) is 6.14. The van der Waals surface area contributed by atoms with Crippen LogP contribution in [-0.2, 0) is 15.0 Å². The molecule has 1 rings (SSSR count). The number of aliphatic hydroxyl groups excluding tert-OH is 1. The molecule has 0 aliphatic carbocycles. The van der Waals surface area contributed by atoms with E-state index in [0.717, 1.165) is 4.31 Å². The Morgan fingerprint density at radius 3 is 2.32 bits per heavy atom. The van der Waals surface area contributed by atoms with Crippen molar-refractivity contribution in [3.8, 4) is 0 Å². The lowest BCUT2D eigenvalue weighted by molar-refractivity contribution is -0.137. The molecule has 19 heavy (non-hydrogen) atoms. The SMILES string of the molecule is CN(CCC(=O)O)S(=O)(=O)N1CCN(CCO)CC1. The third-order valence-corrected chi connectivity index (χ3v) is 5.10. The maximum Gasteiger partial charge on any atom is 0.304 e. The number of hydrogen-bond acceptors (Lipinski definition) is 5. The van der Waals surface area contributed by atoms with Gasteiger partial charge < -0.3 is 10.2 Å². The number of nitrogens with zero attached hydrogens (tertiary/aromatic N) is 3. The second kappa shape index (κ2) is 7.15. The number of carbonyl (C=O) groups is 1. The molecule has 112 valence electrons. The number of aliphatic hydroxyl groups is 1. The Kier molecular flexibility index (Phi) is 6.14. The number of hydrogen-bond donors (Lipinski definition) is 2. The molecule has 0 unspecified atom stereocenters. The molecule has 0 amide bonds. The fourth-order valence-corrected chi connectivity index (χ4v) is 3.23. The first-order valence-corrected chi connectivity index (χ1v) is 7.54. The van der Waals surface area contributed by atoms with Crippen molar-refractivity contribution in [3.05, 3.63) is 0 Å². The van der Waals surface area contributed by atoms with E-state index in [4.69, 9.17) is 10.2 Å². The van der Waals surface area contributed by atoms with E-state index in [1.54, 1.807) is 0 Å². The number of aliphatic carboxylic acids is 1. The van der Waals surface area contributed by atoms with Gasteiger partial charge in [0.05, 0.1) is 13.0 Å². The normalized spacial score (nSPS) is 18.9. The topological polar surface area (TPSA) is 101 Å². The maximum absolute atomic E-state index is 12.2.